The summed E-state index contributed by atoms with van der Waals surface area (Å²) >= 11 is 0. The molecule has 0 unspecified atom stereocenters. The van der Waals surface area contributed by atoms with Crippen molar-refractivity contribution in [1.82, 2.24) is 10.2 Å². The lowest BCUT2D eigenvalue weighted by Crippen LogP contribution is -2.52. The second kappa shape index (κ2) is 13.3. The maximum absolute atomic E-state index is 13.2. The lowest BCUT2D eigenvalue weighted by atomic mass is 10.2. The van der Waals surface area contributed by atoms with E-state index in [1.165, 1.54) is 12.1 Å². The molecule has 0 spiro atoms. The second-order valence-electron chi connectivity index (χ2n) is 7.18. The molecular formula is C23H32FIN4O3. The van der Waals surface area contributed by atoms with Crippen LogP contribution in [0.4, 0.5) is 10.1 Å². The fourth-order valence-electron chi connectivity index (χ4n) is 3.51. The number of rotatable bonds is 8. The SMILES string of the molecule is CCNC(=NCc1ccc(OCCO)c(OC)c1)N1CCN(c2ccc(F)cc2)CC1.I. The van der Waals surface area contributed by atoms with Gasteiger partial charge in [0.2, 0.25) is 0 Å². The number of nitrogens with zero attached hydrogens (tertiary/aromatic N) is 3. The fourth-order valence-corrected chi connectivity index (χ4v) is 3.51. The van der Waals surface area contributed by atoms with Gasteiger partial charge >= 0.3 is 0 Å². The number of anilines is 1. The van der Waals surface area contributed by atoms with Crippen molar-refractivity contribution in [2.45, 2.75) is 13.5 Å². The highest BCUT2D eigenvalue weighted by Gasteiger charge is 2.20. The predicted octanol–water partition coefficient (Wildman–Crippen LogP) is 3.11. The number of ether oxygens (including phenoxy) is 2. The van der Waals surface area contributed by atoms with Crippen LogP contribution >= 0.6 is 24.0 Å². The van der Waals surface area contributed by atoms with Crippen molar-refractivity contribution in [2.24, 2.45) is 4.99 Å². The van der Waals surface area contributed by atoms with Gasteiger partial charge < -0.3 is 29.7 Å². The smallest absolute Gasteiger partial charge is 0.194 e. The van der Waals surface area contributed by atoms with E-state index in [1.807, 2.05) is 30.3 Å². The van der Waals surface area contributed by atoms with E-state index in [-0.39, 0.29) is 43.0 Å². The van der Waals surface area contributed by atoms with Crippen LogP contribution in [0.5, 0.6) is 11.5 Å². The number of guanidine groups is 1. The van der Waals surface area contributed by atoms with Crippen LogP contribution in [0.3, 0.4) is 0 Å². The summed E-state index contributed by atoms with van der Waals surface area (Å²) in [4.78, 5) is 9.32. The highest BCUT2D eigenvalue weighted by Crippen LogP contribution is 2.28. The number of halogens is 2. The van der Waals surface area contributed by atoms with E-state index in [9.17, 15) is 4.39 Å². The quantitative estimate of drug-likeness (QED) is 0.295. The average Bonchev–Trinajstić information content (AvgIpc) is 2.81. The number of aliphatic hydroxyl groups is 1. The van der Waals surface area contributed by atoms with Crippen LogP contribution in [0.1, 0.15) is 12.5 Å². The Balaban J connectivity index is 0.00000363. The molecular weight excluding hydrogens is 526 g/mol. The largest absolute Gasteiger partial charge is 0.493 e. The molecule has 2 aromatic carbocycles. The Labute approximate surface area is 206 Å². The Morgan fingerprint density at radius 2 is 1.81 bits per heavy atom. The Kier molecular flexibility index (Phi) is 10.8. The minimum atomic E-state index is -0.214. The lowest BCUT2D eigenvalue weighted by Gasteiger charge is -2.37. The standard InChI is InChI=1S/C23H31FN4O3.HI/c1-3-25-23(26-17-18-4-9-21(31-15-14-29)22(16-18)30-2)28-12-10-27(11-13-28)20-7-5-19(24)6-8-20;/h4-9,16,29H,3,10-15,17H2,1-2H3,(H,25,26);1H. The topological polar surface area (TPSA) is 69.6 Å². The van der Waals surface area contributed by atoms with Crippen LogP contribution in [0.15, 0.2) is 47.5 Å². The Morgan fingerprint density at radius 1 is 1.09 bits per heavy atom. The van der Waals surface area contributed by atoms with Crippen LogP contribution < -0.4 is 19.7 Å². The van der Waals surface area contributed by atoms with Crippen LogP contribution in [0.2, 0.25) is 0 Å². The Bertz CT molecular complexity index is 859. The zero-order valence-electron chi connectivity index (χ0n) is 18.6. The molecule has 176 valence electrons. The van der Waals surface area contributed by atoms with Gasteiger partial charge in [0.1, 0.15) is 12.4 Å². The molecule has 0 amide bonds. The van der Waals surface area contributed by atoms with Gasteiger partial charge in [0.15, 0.2) is 17.5 Å². The summed E-state index contributed by atoms with van der Waals surface area (Å²) in [5.41, 5.74) is 2.05. The third kappa shape index (κ3) is 7.13. The molecule has 7 nitrogen and oxygen atoms in total. The molecule has 3 rings (SSSR count). The van der Waals surface area contributed by atoms with Gasteiger partial charge in [-0.1, -0.05) is 6.07 Å². The minimum Gasteiger partial charge on any atom is -0.493 e. The molecule has 0 saturated carbocycles. The maximum atomic E-state index is 13.2. The molecule has 0 aromatic heterocycles. The van der Waals surface area contributed by atoms with E-state index in [0.717, 1.165) is 49.9 Å². The van der Waals surface area contributed by atoms with Gasteiger partial charge in [-0.2, -0.15) is 0 Å². The number of hydrogen-bond acceptors (Lipinski definition) is 5. The first kappa shape index (κ1) is 26.0. The zero-order chi connectivity index (χ0) is 22.1. The van der Waals surface area contributed by atoms with Crippen molar-refractivity contribution in [3.8, 4) is 11.5 Å². The summed E-state index contributed by atoms with van der Waals surface area (Å²) < 4.78 is 24.1. The first-order valence-corrected chi connectivity index (χ1v) is 10.6. The molecule has 1 aliphatic rings. The molecule has 0 aliphatic carbocycles. The van der Waals surface area contributed by atoms with Crippen molar-refractivity contribution in [3.05, 3.63) is 53.8 Å². The lowest BCUT2D eigenvalue weighted by molar-refractivity contribution is 0.196. The molecule has 2 N–H and O–H groups in total. The zero-order valence-corrected chi connectivity index (χ0v) is 20.9. The van der Waals surface area contributed by atoms with Crippen LogP contribution in [0.25, 0.3) is 0 Å². The molecule has 1 heterocycles. The number of hydrogen-bond donors (Lipinski definition) is 2. The molecule has 0 bridgehead atoms. The van der Waals surface area contributed by atoms with Crippen LogP contribution in [0, 0.1) is 5.82 Å². The van der Waals surface area contributed by atoms with Crippen molar-refractivity contribution in [1.29, 1.82) is 0 Å². The van der Waals surface area contributed by atoms with Gasteiger partial charge in [0.25, 0.3) is 0 Å². The van der Waals surface area contributed by atoms with Gasteiger partial charge in [0.05, 0.1) is 20.3 Å². The summed E-state index contributed by atoms with van der Waals surface area (Å²) in [5.74, 6) is 1.89. The van der Waals surface area contributed by atoms with E-state index in [4.69, 9.17) is 19.6 Å². The highest BCUT2D eigenvalue weighted by molar-refractivity contribution is 14.0. The number of piperazine rings is 1. The summed E-state index contributed by atoms with van der Waals surface area (Å²) in [7, 11) is 1.60. The van der Waals surface area contributed by atoms with E-state index in [0.29, 0.717) is 18.0 Å². The number of aliphatic imine (C=N–C) groups is 1. The minimum absolute atomic E-state index is 0. The van der Waals surface area contributed by atoms with Gasteiger partial charge in [0, 0.05) is 38.4 Å². The normalized spacial score (nSPS) is 14.1. The Hall–Kier alpha value is -2.27. The molecule has 2 aromatic rings. The van der Waals surface area contributed by atoms with Crippen molar-refractivity contribution < 1.29 is 19.0 Å². The van der Waals surface area contributed by atoms with E-state index in [2.05, 4.69) is 22.0 Å². The van der Waals surface area contributed by atoms with Crippen LogP contribution in [-0.4, -0.2) is 69.0 Å². The molecule has 1 fully saturated rings. The van der Waals surface area contributed by atoms with Crippen molar-refractivity contribution >= 4 is 35.6 Å². The number of methoxy groups -OCH3 is 1. The molecule has 1 aliphatic heterocycles. The Morgan fingerprint density at radius 3 is 2.44 bits per heavy atom. The number of nitrogens with one attached hydrogen (secondary N) is 1. The highest BCUT2D eigenvalue weighted by atomic mass is 127. The fraction of sp³-hybridized carbons (Fsp3) is 0.435. The van der Waals surface area contributed by atoms with Gasteiger partial charge in [-0.3, -0.25) is 0 Å². The molecule has 0 radical (unpaired) electrons. The average molecular weight is 558 g/mol. The van der Waals surface area contributed by atoms with Gasteiger partial charge in [-0.05, 0) is 48.9 Å². The number of aliphatic hydroxyl groups excluding tert-OH is 1. The summed E-state index contributed by atoms with van der Waals surface area (Å²) in [6.45, 7) is 6.90. The van der Waals surface area contributed by atoms with E-state index < -0.39 is 0 Å². The van der Waals surface area contributed by atoms with E-state index in [1.54, 1.807) is 7.11 Å². The first-order valence-electron chi connectivity index (χ1n) is 10.6. The molecule has 9 heteroatoms. The summed E-state index contributed by atoms with van der Waals surface area (Å²) in [5, 5.41) is 12.3. The third-order valence-electron chi connectivity index (χ3n) is 5.09. The molecule has 32 heavy (non-hydrogen) atoms. The first-order chi connectivity index (χ1) is 15.1. The van der Waals surface area contributed by atoms with E-state index >= 15 is 0 Å². The predicted molar refractivity (Wildman–Crippen MR) is 136 cm³/mol. The van der Waals surface area contributed by atoms with Gasteiger partial charge in [-0.25, -0.2) is 9.38 Å². The molecule has 0 atom stereocenters. The summed E-state index contributed by atoms with van der Waals surface area (Å²) in [6, 6.07) is 12.4. The van der Waals surface area contributed by atoms with Gasteiger partial charge in [-0.15, -0.1) is 24.0 Å². The molecule has 1 saturated heterocycles. The van der Waals surface area contributed by atoms with Crippen molar-refractivity contribution in [2.75, 3.05) is 57.9 Å². The van der Waals surface area contributed by atoms with Crippen molar-refractivity contribution in [3.63, 3.8) is 0 Å². The second-order valence-corrected chi connectivity index (χ2v) is 7.18. The third-order valence-corrected chi connectivity index (χ3v) is 5.09. The number of benzene rings is 2. The summed E-state index contributed by atoms with van der Waals surface area (Å²) in [6.07, 6.45) is 0. The maximum Gasteiger partial charge on any atom is 0.194 e. The van der Waals surface area contributed by atoms with Crippen LogP contribution in [-0.2, 0) is 6.54 Å². The monoisotopic (exact) mass is 558 g/mol.